The highest BCUT2D eigenvalue weighted by atomic mass is 79.9. The van der Waals surface area contributed by atoms with Crippen LogP contribution in [0.5, 0.6) is 11.5 Å². The highest BCUT2D eigenvalue weighted by Crippen LogP contribution is 2.36. The second-order valence-corrected chi connectivity index (χ2v) is 7.25. The molecule has 2 rings (SSSR count). The molecule has 1 N–H and O–H groups in total. The quantitative estimate of drug-likeness (QED) is 0.689. The van der Waals surface area contributed by atoms with Crippen LogP contribution < -0.4 is 14.8 Å². The number of carbonyl (C=O) groups excluding carboxylic acids is 2. The monoisotopic (exact) mass is 448 g/mol. The first-order valence-electron chi connectivity index (χ1n) is 8.90. The Hall–Kier alpha value is -2.54. The number of para-hydroxylation sites is 1. The van der Waals surface area contributed by atoms with Crippen molar-refractivity contribution in [2.45, 2.75) is 20.8 Å². The van der Waals surface area contributed by atoms with Crippen LogP contribution in [0.15, 0.2) is 34.8 Å². The van der Waals surface area contributed by atoms with Gasteiger partial charge < -0.3 is 19.7 Å². The van der Waals surface area contributed by atoms with Gasteiger partial charge >= 0.3 is 0 Å². The van der Waals surface area contributed by atoms with Crippen molar-refractivity contribution in [2.75, 3.05) is 32.6 Å². The summed E-state index contributed by atoms with van der Waals surface area (Å²) in [5.41, 5.74) is 3.12. The fraction of sp³-hybridized carbons (Fsp3) is 0.333. The van der Waals surface area contributed by atoms with Crippen LogP contribution in [0.1, 0.15) is 28.4 Å². The molecule has 150 valence electrons. The van der Waals surface area contributed by atoms with Crippen LogP contribution in [-0.2, 0) is 4.79 Å². The number of carbonyl (C=O) groups is 2. The van der Waals surface area contributed by atoms with E-state index in [2.05, 4.69) is 21.2 Å². The average molecular weight is 449 g/mol. The minimum absolute atomic E-state index is 0.0697. The summed E-state index contributed by atoms with van der Waals surface area (Å²) in [6, 6.07) is 9.07. The van der Waals surface area contributed by atoms with Crippen LogP contribution in [0.2, 0.25) is 0 Å². The lowest BCUT2D eigenvalue weighted by atomic mass is 10.1. The molecule has 2 aromatic carbocycles. The highest BCUT2D eigenvalue weighted by Gasteiger charge is 2.20. The van der Waals surface area contributed by atoms with E-state index in [1.165, 1.54) is 12.0 Å². The van der Waals surface area contributed by atoms with Crippen LogP contribution >= 0.6 is 15.9 Å². The third-order valence-electron chi connectivity index (χ3n) is 4.24. The van der Waals surface area contributed by atoms with Gasteiger partial charge in [0, 0.05) is 18.3 Å². The molecule has 0 fully saturated rings. The van der Waals surface area contributed by atoms with Crippen LogP contribution in [-0.4, -0.2) is 44.0 Å². The molecule has 6 nitrogen and oxygen atoms in total. The molecule has 0 spiro atoms. The van der Waals surface area contributed by atoms with Crippen molar-refractivity contribution in [2.24, 2.45) is 0 Å². The van der Waals surface area contributed by atoms with E-state index in [4.69, 9.17) is 9.47 Å². The molecule has 0 unspecified atom stereocenters. The first-order valence-corrected chi connectivity index (χ1v) is 9.69. The second kappa shape index (κ2) is 9.59. The summed E-state index contributed by atoms with van der Waals surface area (Å²) in [5.74, 6) is 0.439. The van der Waals surface area contributed by atoms with Crippen molar-refractivity contribution in [3.05, 3.63) is 51.5 Å². The minimum atomic E-state index is -0.293. The van der Waals surface area contributed by atoms with Gasteiger partial charge in [-0.1, -0.05) is 18.2 Å². The SMILES string of the molecule is CCOc1c(Br)cc(C(=O)N(C)CC(=O)Nc2c(C)cccc2C)cc1OC. The fourth-order valence-corrected chi connectivity index (χ4v) is 3.38. The summed E-state index contributed by atoms with van der Waals surface area (Å²) in [6.45, 7) is 6.14. The number of aryl methyl sites for hydroxylation is 2. The molecule has 0 bridgehead atoms. The van der Waals surface area contributed by atoms with Crippen LogP contribution in [0.25, 0.3) is 0 Å². The third kappa shape index (κ3) is 5.04. The number of methoxy groups -OCH3 is 1. The molecule has 0 aliphatic carbocycles. The molecular weight excluding hydrogens is 424 g/mol. The van der Waals surface area contributed by atoms with E-state index >= 15 is 0 Å². The largest absolute Gasteiger partial charge is 0.493 e. The van der Waals surface area contributed by atoms with Crippen molar-refractivity contribution in [1.82, 2.24) is 4.90 Å². The van der Waals surface area contributed by atoms with Gasteiger partial charge in [0.1, 0.15) is 0 Å². The fourth-order valence-electron chi connectivity index (χ4n) is 2.83. The molecule has 0 atom stereocenters. The van der Waals surface area contributed by atoms with Crippen molar-refractivity contribution < 1.29 is 19.1 Å². The number of ether oxygens (including phenoxy) is 2. The van der Waals surface area contributed by atoms with E-state index in [9.17, 15) is 9.59 Å². The molecule has 0 saturated heterocycles. The maximum atomic E-state index is 12.8. The molecule has 2 aromatic rings. The van der Waals surface area contributed by atoms with Crippen molar-refractivity contribution in [3.63, 3.8) is 0 Å². The Morgan fingerprint density at radius 3 is 2.39 bits per heavy atom. The first kappa shape index (κ1) is 21.8. The molecule has 7 heteroatoms. The van der Waals surface area contributed by atoms with E-state index in [-0.39, 0.29) is 18.4 Å². The lowest BCUT2D eigenvalue weighted by Crippen LogP contribution is -2.35. The van der Waals surface area contributed by atoms with E-state index in [0.29, 0.717) is 28.1 Å². The number of amides is 2. The van der Waals surface area contributed by atoms with Gasteiger partial charge in [-0.05, 0) is 60.0 Å². The Morgan fingerprint density at radius 1 is 1.18 bits per heavy atom. The van der Waals surface area contributed by atoms with E-state index < -0.39 is 0 Å². The number of halogens is 1. The number of likely N-dealkylation sites (N-methyl/N-ethyl adjacent to an activating group) is 1. The number of anilines is 1. The first-order chi connectivity index (χ1) is 13.3. The molecule has 2 amide bonds. The molecule has 0 aliphatic rings. The van der Waals surface area contributed by atoms with E-state index in [1.54, 1.807) is 19.2 Å². The van der Waals surface area contributed by atoms with Crippen LogP contribution in [0.4, 0.5) is 5.69 Å². The molecule has 0 aliphatic heterocycles. The van der Waals surface area contributed by atoms with Gasteiger partial charge in [0.25, 0.3) is 5.91 Å². The van der Waals surface area contributed by atoms with Crippen molar-refractivity contribution >= 4 is 33.4 Å². The summed E-state index contributed by atoms with van der Waals surface area (Å²) in [7, 11) is 3.10. The maximum absolute atomic E-state index is 12.8. The second-order valence-electron chi connectivity index (χ2n) is 6.40. The smallest absolute Gasteiger partial charge is 0.254 e. The Morgan fingerprint density at radius 2 is 1.82 bits per heavy atom. The van der Waals surface area contributed by atoms with Gasteiger partial charge in [0.15, 0.2) is 11.5 Å². The molecule has 0 aromatic heterocycles. The van der Waals surface area contributed by atoms with Gasteiger partial charge in [0.2, 0.25) is 5.91 Å². The zero-order valence-electron chi connectivity index (χ0n) is 16.8. The highest BCUT2D eigenvalue weighted by molar-refractivity contribution is 9.10. The van der Waals surface area contributed by atoms with Crippen LogP contribution in [0.3, 0.4) is 0 Å². The predicted octanol–water partition coefficient (Wildman–Crippen LogP) is 4.18. The molecule has 0 heterocycles. The zero-order chi connectivity index (χ0) is 20.8. The summed E-state index contributed by atoms with van der Waals surface area (Å²) in [5, 5.41) is 2.89. The normalized spacial score (nSPS) is 10.4. The Bertz CT molecular complexity index is 863. The predicted molar refractivity (Wildman–Crippen MR) is 113 cm³/mol. The lowest BCUT2D eigenvalue weighted by Gasteiger charge is -2.19. The minimum Gasteiger partial charge on any atom is -0.493 e. The Labute approximate surface area is 174 Å². The van der Waals surface area contributed by atoms with Crippen LogP contribution in [0, 0.1) is 13.8 Å². The summed E-state index contributed by atoms with van der Waals surface area (Å²) >= 11 is 3.41. The Balaban J connectivity index is 2.14. The van der Waals surface area contributed by atoms with Crippen molar-refractivity contribution in [1.29, 1.82) is 0 Å². The van der Waals surface area contributed by atoms with E-state index in [0.717, 1.165) is 16.8 Å². The van der Waals surface area contributed by atoms with Gasteiger partial charge in [0.05, 0.1) is 24.7 Å². The molecule has 0 saturated carbocycles. The van der Waals surface area contributed by atoms with Gasteiger partial charge in [-0.3, -0.25) is 9.59 Å². The van der Waals surface area contributed by atoms with Gasteiger partial charge in [-0.15, -0.1) is 0 Å². The van der Waals surface area contributed by atoms with Gasteiger partial charge in [-0.2, -0.15) is 0 Å². The molecule has 28 heavy (non-hydrogen) atoms. The van der Waals surface area contributed by atoms with Gasteiger partial charge in [-0.25, -0.2) is 0 Å². The number of hydrogen-bond acceptors (Lipinski definition) is 4. The topological polar surface area (TPSA) is 67.9 Å². The molecule has 0 radical (unpaired) electrons. The number of nitrogens with one attached hydrogen (secondary N) is 1. The standard InChI is InChI=1S/C21H25BrN2O4/c1-6-28-20-16(22)10-15(11-17(20)27-5)21(26)24(4)12-18(25)23-19-13(2)8-7-9-14(19)3/h7-11H,6,12H2,1-5H3,(H,23,25). The Kier molecular flexibility index (Phi) is 7.45. The summed E-state index contributed by atoms with van der Waals surface area (Å²) in [6.07, 6.45) is 0. The summed E-state index contributed by atoms with van der Waals surface area (Å²) < 4.78 is 11.5. The number of nitrogens with zero attached hydrogens (tertiary/aromatic N) is 1. The lowest BCUT2D eigenvalue weighted by molar-refractivity contribution is -0.116. The summed E-state index contributed by atoms with van der Waals surface area (Å²) in [4.78, 5) is 26.6. The average Bonchev–Trinajstić information content (AvgIpc) is 2.65. The number of rotatable bonds is 7. The maximum Gasteiger partial charge on any atom is 0.254 e. The third-order valence-corrected chi connectivity index (χ3v) is 4.83. The molecular formula is C21H25BrN2O4. The number of hydrogen-bond donors (Lipinski definition) is 1. The zero-order valence-corrected chi connectivity index (χ0v) is 18.3. The number of benzene rings is 2. The van der Waals surface area contributed by atoms with E-state index in [1.807, 2.05) is 39.0 Å². The van der Waals surface area contributed by atoms with Crippen molar-refractivity contribution in [3.8, 4) is 11.5 Å².